The Morgan fingerprint density at radius 2 is 1.33 bits per heavy atom. The van der Waals surface area contributed by atoms with Crippen molar-refractivity contribution in [3.05, 3.63) is 23.3 Å². The Morgan fingerprint density at radius 1 is 0.889 bits per heavy atom. The van der Waals surface area contributed by atoms with Gasteiger partial charge in [-0.3, -0.25) is 0 Å². The van der Waals surface area contributed by atoms with E-state index in [2.05, 4.69) is 35.9 Å². The third-order valence-electron chi connectivity index (χ3n) is 3.07. The second-order valence-electron chi connectivity index (χ2n) is 4.61. The molecule has 4 heteroatoms. The fraction of sp³-hybridized carbons (Fsp3) is 0.429. The first-order chi connectivity index (χ1) is 8.65. The topological polar surface area (TPSA) is 77.8 Å². The van der Waals surface area contributed by atoms with E-state index in [4.69, 9.17) is 11.5 Å². The van der Waals surface area contributed by atoms with Crippen molar-refractivity contribution < 1.29 is 0 Å². The minimum atomic E-state index is 0.569. The van der Waals surface area contributed by atoms with Crippen LogP contribution in [0, 0.1) is 0 Å². The highest BCUT2D eigenvalue weighted by Gasteiger charge is 2.08. The first kappa shape index (κ1) is 12.6. The van der Waals surface area contributed by atoms with Crippen molar-refractivity contribution in [1.29, 1.82) is 0 Å². The minimum absolute atomic E-state index is 0.569. The van der Waals surface area contributed by atoms with Gasteiger partial charge in [0.15, 0.2) is 5.65 Å². The molecule has 0 aliphatic rings. The summed E-state index contributed by atoms with van der Waals surface area (Å²) in [5.41, 5.74) is 14.7. The quantitative estimate of drug-likeness (QED) is 0.866. The molecule has 0 saturated carbocycles. The number of nitrogens with zero attached hydrogens (tertiary/aromatic N) is 2. The van der Waals surface area contributed by atoms with Crippen molar-refractivity contribution in [1.82, 2.24) is 9.97 Å². The van der Waals surface area contributed by atoms with Crippen molar-refractivity contribution in [2.24, 2.45) is 0 Å². The lowest BCUT2D eigenvalue weighted by Crippen LogP contribution is -2.03. The number of pyridine rings is 2. The smallest absolute Gasteiger partial charge is 0.163 e. The molecule has 2 rings (SSSR count). The lowest BCUT2D eigenvalue weighted by atomic mass is 10.1. The summed E-state index contributed by atoms with van der Waals surface area (Å²) in [5, 5.41) is 1.03. The molecule has 4 nitrogen and oxygen atoms in total. The molecule has 2 aromatic rings. The van der Waals surface area contributed by atoms with Gasteiger partial charge in [0, 0.05) is 5.39 Å². The van der Waals surface area contributed by atoms with E-state index in [9.17, 15) is 0 Å². The summed E-state index contributed by atoms with van der Waals surface area (Å²) in [5.74, 6) is 1.14. The molecule has 18 heavy (non-hydrogen) atoms. The molecular formula is C14H20N4. The van der Waals surface area contributed by atoms with Crippen LogP contribution in [0.25, 0.3) is 11.0 Å². The Balaban J connectivity index is 2.56. The number of fused-ring (bicyclic) bond motifs is 1. The largest absolute Gasteiger partial charge is 0.383 e. The predicted molar refractivity (Wildman–Crippen MR) is 76.4 cm³/mol. The summed E-state index contributed by atoms with van der Waals surface area (Å²) in [6.07, 6.45) is 4.01. The molecule has 2 aromatic heterocycles. The van der Waals surface area contributed by atoms with E-state index >= 15 is 0 Å². The molecule has 0 unspecified atom stereocenters. The van der Waals surface area contributed by atoms with E-state index in [1.54, 1.807) is 0 Å². The molecule has 0 aliphatic heterocycles. The Hall–Kier alpha value is -1.84. The zero-order valence-corrected chi connectivity index (χ0v) is 11.0. The number of nitrogens with two attached hydrogens (primary N) is 2. The minimum Gasteiger partial charge on any atom is -0.383 e. The maximum Gasteiger partial charge on any atom is 0.163 e. The zero-order chi connectivity index (χ0) is 13.1. The SMILES string of the molecule is CCCc1cc2cc(CCC)c(N)nc2nc1N. The monoisotopic (exact) mass is 244 g/mol. The molecular weight excluding hydrogens is 224 g/mol. The van der Waals surface area contributed by atoms with Gasteiger partial charge in [-0.2, -0.15) is 0 Å². The lowest BCUT2D eigenvalue weighted by molar-refractivity contribution is 0.914. The molecule has 2 heterocycles. The molecule has 0 bridgehead atoms. The summed E-state index contributed by atoms with van der Waals surface area (Å²) in [4.78, 5) is 8.69. The second-order valence-corrected chi connectivity index (χ2v) is 4.61. The standard InChI is InChI=1S/C14H20N4/c1-3-5-9-7-11-8-10(6-4-2)13(16)18-14(11)17-12(9)15/h7-8H,3-6H2,1-2H3,(H4,15,16,17,18). The van der Waals surface area contributed by atoms with Crippen LogP contribution in [0.4, 0.5) is 11.6 Å². The fourth-order valence-corrected chi connectivity index (χ4v) is 2.16. The molecule has 0 aliphatic carbocycles. The third kappa shape index (κ3) is 2.37. The predicted octanol–water partition coefficient (Wildman–Crippen LogP) is 2.70. The van der Waals surface area contributed by atoms with Crippen LogP contribution in [0.5, 0.6) is 0 Å². The van der Waals surface area contributed by atoms with E-state index in [-0.39, 0.29) is 0 Å². The van der Waals surface area contributed by atoms with Gasteiger partial charge in [0.2, 0.25) is 0 Å². The summed E-state index contributed by atoms with van der Waals surface area (Å²) >= 11 is 0. The highest BCUT2D eigenvalue weighted by molar-refractivity contribution is 5.80. The van der Waals surface area contributed by atoms with Crippen LogP contribution in [0.1, 0.15) is 37.8 Å². The maximum atomic E-state index is 5.93. The third-order valence-corrected chi connectivity index (χ3v) is 3.07. The molecule has 0 amide bonds. The van der Waals surface area contributed by atoms with E-state index in [1.165, 1.54) is 0 Å². The van der Waals surface area contributed by atoms with Crippen molar-refractivity contribution in [3.63, 3.8) is 0 Å². The van der Waals surface area contributed by atoms with Crippen LogP contribution in [0.3, 0.4) is 0 Å². The molecule has 0 saturated heterocycles. The summed E-state index contributed by atoms with van der Waals surface area (Å²) in [7, 11) is 0. The van der Waals surface area contributed by atoms with E-state index in [0.29, 0.717) is 17.3 Å². The maximum absolute atomic E-state index is 5.93. The Kier molecular flexibility index (Phi) is 3.65. The zero-order valence-electron chi connectivity index (χ0n) is 11.0. The first-order valence-corrected chi connectivity index (χ1v) is 6.50. The number of hydrogen-bond donors (Lipinski definition) is 2. The molecule has 96 valence electrons. The van der Waals surface area contributed by atoms with Gasteiger partial charge >= 0.3 is 0 Å². The number of aromatic nitrogens is 2. The van der Waals surface area contributed by atoms with Gasteiger partial charge in [-0.1, -0.05) is 26.7 Å². The Bertz CT molecular complexity index is 516. The van der Waals surface area contributed by atoms with Gasteiger partial charge in [-0.15, -0.1) is 0 Å². The van der Waals surface area contributed by atoms with Gasteiger partial charge in [0.25, 0.3) is 0 Å². The second kappa shape index (κ2) is 5.21. The Morgan fingerprint density at radius 3 is 1.72 bits per heavy atom. The van der Waals surface area contributed by atoms with Crippen molar-refractivity contribution in [2.75, 3.05) is 11.5 Å². The van der Waals surface area contributed by atoms with Crippen LogP contribution in [-0.4, -0.2) is 9.97 Å². The number of anilines is 2. The molecule has 0 aromatic carbocycles. The highest BCUT2D eigenvalue weighted by atomic mass is 15.0. The van der Waals surface area contributed by atoms with Crippen LogP contribution >= 0.6 is 0 Å². The lowest BCUT2D eigenvalue weighted by Gasteiger charge is -2.09. The van der Waals surface area contributed by atoms with Crippen LogP contribution in [-0.2, 0) is 12.8 Å². The highest BCUT2D eigenvalue weighted by Crippen LogP contribution is 2.22. The number of hydrogen-bond acceptors (Lipinski definition) is 4. The van der Waals surface area contributed by atoms with Gasteiger partial charge < -0.3 is 11.5 Å². The number of aryl methyl sites for hydroxylation is 2. The van der Waals surface area contributed by atoms with Gasteiger partial charge in [0.1, 0.15) is 11.6 Å². The molecule has 0 atom stereocenters. The molecule has 4 N–H and O–H groups in total. The fourth-order valence-electron chi connectivity index (χ4n) is 2.16. The molecule has 0 radical (unpaired) electrons. The molecule has 0 fully saturated rings. The summed E-state index contributed by atoms with van der Waals surface area (Å²) < 4.78 is 0. The molecule has 0 spiro atoms. The normalized spacial score (nSPS) is 11.0. The van der Waals surface area contributed by atoms with E-state index in [1.807, 2.05) is 0 Å². The van der Waals surface area contributed by atoms with Crippen molar-refractivity contribution in [3.8, 4) is 0 Å². The Labute approximate surface area is 107 Å². The average molecular weight is 244 g/mol. The van der Waals surface area contributed by atoms with E-state index < -0.39 is 0 Å². The number of rotatable bonds is 4. The number of nitrogen functional groups attached to an aromatic ring is 2. The van der Waals surface area contributed by atoms with Crippen molar-refractivity contribution in [2.45, 2.75) is 39.5 Å². The van der Waals surface area contributed by atoms with Gasteiger partial charge in [-0.05, 0) is 36.1 Å². The van der Waals surface area contributed by atoms with Gasteiger partial charge in [-0.25, -0.2) is 9.97 Å². The van der Waals surface area contributed by atoms with Gasteiger partial charge in [0.05, 0.1) is 0 Å². The van der Waals surface area contributed by atoms with E-state index in [0.717, 1.165) is 42.2 Å². The van der Waals surface area contributed by atoms with Crippen LogP contribution < -0.4 is 11.5 Å². The summed E-state index contributed by atoms with van der Waals surface area (Å²) in [6.45, 7) is 4.26. The van der Waals surface area contributed by atoms with Crippen molar-refractivity contribution >= 4 is 22.7 Å². The average Bonchev–Trinajstić information content (AvgIpc) is 2.33. The van der Waals surface area contributed by atoms with Crippen LogP contribution in [0.2, 0.25) is 0 Å². The summed E-state index contributed by atoms with van der Waals surface area (Å²) in [6, 6.07) is 4.18. The van der Waals surface area contributed by atoms with Crippen LogP contribution in [0.15, 0.2) is 12.1 Å². The first-order valence-electron chi connectivity index (χ1n) is 6.50.